The Labute approximate surface area is 154 Å². The lowest BCUT2D eigenvalue weighted by Crippen LogP contribution is -2.70. The van der Waals surface area contributed by atoms with E-state index >= 15 is 0 Å². The Morgan fingerprint density at radius 3 is 2.54 bits per heavy atom. The van der Waals surface area contributed by atoms with E-state index in [1.165, 1.54) is 12.1 Å². The summed E-state index contributed by atoms with van der Waals surface area (Å²) in [6.45, 7) is -0.325. The van der Waals surface area contributed by atoms with Crippen LogP contribution in [-0.2, 0) is 4.79 Å². The SMILES string of the molecule is O=C(O)NC12CCC(NC(=O)COc3ccc(Cl)c(F)c3)(CC1)C(O)C2. The Morgan fingerprint density at radius 2 is 1.96 bits per heavy atom. The molecule has 0 aromatic heterocycles. The molecule has 1 aromatic carbocycles. The number of amides is 2. The number of ether oxygens (including phenoxy) is 1. The quantitative estimate of drug-likeness (QED) is 0.619. The molecule has 0 aliphatic heterocycles. The number of aliphatic hydroxyl groups excluding tert-OH is 1. The summed E-state index contributed by atoms with van der Waals surface area (Å²) < 4.78 is 18.7. The zero-order valence-electron chi connectivity index (χ0n) is 13.9. The topological polar surface area (TPSA) is 108 Å². The molecule has 3 aliphatic carbocycles. The number of fused-ring (bicyclic) bond motifs is 3. The van der Waals surface area contributed by atoms with Crippen LogP contribution in [0, 0.1) is 5.82 Å². The Balaban J connectivity index is 1.58. The van der Waals surface area contributed by atoms with E-state index in [0.717, 1.165) is 6.07 Å². The zero-order valence-corrected chi connectivity index (χ0v) is 14.7. The molecule has 2 bridgehead atoms. The molecule has 9 heteroatoms. The van der Waals surface area contributed by atoms with Crippen LogP contribution in [-0.4, -0.2) is 46.0 Å². The van der Waals surface area contributed by atoms with Crippen LogP contribution < -0.4 is 15.4 Å². The molecule has 1 atom stereocenters. The lowest BCUT2D eigenvalue weighted by atomic mass is 9.60. The van der Waals surface area contributed by atoms with Gasteiger partial charge in [-0.3, -0.25) is 4.79 Å². The van der Waals surface area contributed by atoms with E-state index in [9.17, 15) is 19.1 Å². The van der Waals surface area contributed by atoms with Gasteiger partial charge in [0.05, 0.1) is 16.7 Å². The second kappa shape index (κ2) is 6.92. The summed E-state index contributed by atoms with van der Waals surface area (Å²) in [5.41, 5.74) is -1.41. The first kappa shape index (κ1) is 18.7. The number of carbonyl (C=O) groups is 2. The number of benzene rings is 1. The summed E-state index contributed by atoms with van der Waals surface area (Å²) in [5, 5.41) is 24.8. The Hall–Kier alpha value is -2.06. The summed E-state index contributed by atoms with van der Waals surface area (Å²) in [6, 6.07) is 3.89. The lowest BCUT2D eigenvalue weighted by Gasteiger charge is -2.55. The fourth-order valence-corrected chi connectivity index (χ4v) is 4.04. The molecule has 4 N–H and O–H groups in total. The third kappa shape index (κ3) is 3.71. The molecule has 142 valence electrons. The van der Waals surface area contributed by atoms with Gasteiger partial charge < -0.3 is 25.6 Å². The molecule has 0 saturated heterocycles. The van der Waals surface area contributed by atoms with Crippen LogP contribution in [0.5, 0.6) is 5.75 Å². The number of halogens is 2. The number of rotatable bonds is 5. The van der Waals surface area contributed by atoms with Crippen molar-refractivity contribution in [2.75, 3.05) is 6.61 Å². The van der Waals surface area contributed by atoms with Crippen molar-refractivity contribution in [3.8, 4) is 5.75 Å². The van der Waals surface area contributed by atoms with Gasteiger partial charge in [-0.2, -0.15) is 0 Å². The summed E-state index contributed by atoms with van der Waals surface area (Å²) in [5.74, 6) is -0.891. The average Bonchev–Trinajstić information content (AvgIpc) is 2.57. The number of hydrogen-bond acceptors (Lipinski definition) is 4. The van der Waals surface area contributed by atoms with Crippen molar-refractivity contribution >= 4 is 23.6 Å². The third-order valence-electron chi connectivity index (χ3n) is 5.34. The minimum atomic E-state index is -1.11. The van der Waals surface area contributed by atoms with Crippen molar-refractivity contribution in [3.63, 3.8) is 0 Å². The van der Waals surface area contributed by atoms with Crippen molar-refractivity contribution in [1.82, 2.24) is 10.6 Å². The molecular formula is C17H20ClFN2O5. The maximum absolute atomic E-state index is 13.4. The van der Waals surface area contributed by atoms with E-state index < -0.39 is 35.0 Å². The minimum Gasteiger partial charge on any atom is -0.484 e. The summed E-state index contributed by atoms with van der Waals surface area (Å²) in [6.07, 6.45) is 0.307. The van der Waals surface area contributed by atoms with Crippen molar-refractivity contribution in [2.45, 2.75) is 49.3 Å². The number of aliphatic hydroxyl groups is 1. The molecule has 3 aliphatic rings. The maximum Gasteiger partial charge on any atom is 0.405 e. The maximum atomic E-state index is 13.4. The minimum absolute atomic E-state index is 0.0355. The molecule has 1 aromatic rings. The van der Waals surface area contributed by atoms with Crippen molar-refractivity contribution < 1.29 is 28.9 Å². The Morgan fingerprint density at radius 1 is 1.27 bits per heavy atom. The van der Waals surface area contributed by atoms with Gasteiger partial charge in [0, 0.05) is 11.6 Å². The molecule has 3 saturated carbocycles. The van der Waals surface area contributed by atoms with Gasteiger partial charge in [0.15, 0.2) is 6.61 Å². The molecular weight excluding hydrogens is 367 g/mol. The molecule has 1 unspecified atom stereocenters. The fraction of sp³-hybridized carbons (Fsp3) is 0.529. The van der Waals surface area contributed by atoms with Crippen LogP contribution in [0.2, 0.25) is 5.02 Å². The van der Waals surface area contributed by atoms with Crippen LogP contribution in [0.1, 0.15) is 32.1 Å². The molecule has 7 nitrogen and oxygen atoms in total. The van der Waals surface area contributed by atoms with Crippen LogP contribution in [0.25, 0.3) is 0 Å². The van der Waals surface area contributed by atoms with Gasteiger partial charge in [-0.1, -0.05) is 11.6 Å². The van der Waals surface area contributed by atoms with Gasteiger partial charge in [-0.05, 0) is 44.2 Å². The van der Waals surface area contributed by atoms with Gasteiger partial charge in [0.25, 0.3) is 5.91 Å². The molecule has 2 amide bonds. The summed E-state index contributed by atoms with van der Waals surface area (Å²) in [7, 11) is 0. The van der Waals surface area contributed by atoms with Gasteiger partial charge in [-0.25, -0.2) is 9.18 Å². The van der Waals surface area contributed by atoms with E-state index in [1.807, 2.05) is 0 Å². The summed E-state index contributed by atoms with van der Waals surface area (Å²) >= 11 is 5.59. The van der Waals surface area contributed by atoms with Crippen LogP contribution in [0.15, 0.2) is 18.2 Å². The van der Waals surface area contributed by atoms with Gasteiger partial charge in [0.2, 0.25) is 0 Å². The first-order chi connectivity index (χ1) is 12.2. The van der Waals surface area contributed by atoms with Gasteiger partial charge in [0.1, 0.15) is 11.6 Å². The van der Waals surface area contributed by atoms with Crippen LogP contribution >= 0.6 is 11.6 Å². The third-order valence-corrected chi connectivity index (χ3v) is 5.65. The zero-order chi connectivity index (χ0) is 18.9. The largest absolute Gasteiger partial charge is 0.484 e. The highest BCUT2D eigenvalue weighted by Crippen LogP contribution is 2.47. The van der Waals surface area contributed by atoms with E-state index in [4.69, 9.17) is 21.4 Å². The Kier molecular flexibility index (Phi) is 4.98. The average molecular weight is 387 g/mol. The van der Waals surface area contributed by atoms with Crippen LogP contribution in [0.4, 0.5) is 9.18 Å². The number of carboxylic acid groups (broad SMARTS) is 1. The first-order valence-corrected chi connectivity index (χ1v) is 8.70. The smallest absolute Gasteiger partial charge is 0.405 e. The monoisotopic (exact) mass is 386 g/mol. The van der Waals surface area contributed by atoms with Gasteiger partial charge >= 0.3 is 6.09 Å². The van der Waals surface area contributed by atoms with E-state index in [2.05, 4.69) is 10.6 Å². The highest BCUT2D eigenvalue weighted by Gasteiger charge is 2.55. The van der Waals surface area contributed by atoms with Crippen molar-refractivity contribution in [3.05, 3.63) is 29.0 Å². The highest BCUT2D eigenvalue weighted by molar-refractivity contribution is 6.30. The molecule has 0 spiro atoms. The first-order valence-electron chi connectivity index (χ1n) is 8.32. The van der Waals surface area contributed by atoms with Crippen molar-refractivity contribution in [1.29, 1.82) is 0 Å². The predicted octanol–water partition coefficient (Wildman–Crippen LogP) is 2.06. The molecule has 3 fully saturated rings. The van der Waals surface area contributed by atoms with E-state index in [1.54, 1.807) is 0 Å². The Bertz CT molecular complexity index is 721. The summed E-state index contributed by atoms with van der Waals surface area (Å²) in [4.78, 5) is 23.2. The molecule has 0 radical (unpaired) electrons. The van der Waals surface area contributed by atoms with Gasteiger partial charge in [-0.15, -0.1) is 0 Å². The molecule has 0 heterocycles. The predicted molar refractivity (Wildman–Crippen MR) is 90.8 cm³/mol. The second-order valence-corrected chi connectivity index (χ2v) is 7.41. The normalized spacial score (nSPS) is 29.9. The highest BCUT2D eigenvalue weighted by atomic mass is 35.5. The molecule has 4 rings (SSSR count). The number of carbonyl (C=O) groups excluding carboxylic acids is 1. The van der Waals surface area contributed by atoms with E-state index in [0.29, 0.717) is 25.7 Å². The lowest BCUT2D eigenvalue weighted by molar-refractivity contribution is -0.132. The molecule has 26 heavy (non-hydrogen) atoms. The number of nitrogens with one attached hydrogen (secondary N) is 2. The fourth-order valence-electron chi connectivity index (χ4n) is 3.92. The van der Waals surface area contributed by atoms with Crippen molar-refractivity contribution in [2.24, 2.45) is 0 Å². The second-order valence-electron chi connectivity index (χ2n) is 7.00. The van der Waals surface area contributed by atoms with E-state index in [-0.39, 0.29) is 23.8 Å². The van der Waals surface area contributed by atoms with Crippen LogP contribution in [0.3, 0.4) is 0 Å². The standard InChI is InChI=1S/C17H20ClFN2O5/c18-11-2-1-10(7-12(11)19)26-9-14(23)20-17-5-3-16(4-6-17,8-13(17)22)21-15(24)25/h1-2,7,13,21-22H,3-6,8-9H2,(H,20,23)(H,24,25). The number of hydrogen-bond donors (Lipinski definition) is 4.